The fraction of sp³-hybridized carbons (Fsp3) is 0.933. The second-order valence-corrected chi connectivity index (χ2v) is 6.36. The van der Waals surface area contributed by atoms with Gasteiger partial charge < -0.3 is 9.47 Å². The predicted molar refractivity (Wildman–Crippen MR) is 80.3 cm³/mol. The van der Waals surface area contributed by atoms with Crippen molar-refractivity contribution in [3.8, 4) is 0 Å². The summed E-state index contributed by atoms with van der Waals surface area (Å²) in [5.41, 5.74) is 0. The maximum atomic E-state index is 11.9. The van der Waals surface area contributed by atoms with Gasteiger partial charge in [0.05, 0.1) is 12.5 Å². The summed E-state index contributed by atoms with van der Waals surface area (Å²) in [4.78, 5) is 11.3. The van der Waals surface area contributed by atoms with Gasteiger partial charge in [0.1, 0.15) is 6.71 Å². The first-order valence-corrected chi connectivity index (χ1v) is 8.10. The Morgan fingerprint density at radius 2 is 2.09 bits per heavy atom. The van der Waals surface area contributed by atoms with Crippen molar-refractivity contribution in [2.24, 2.45) is 5.92 Å². The number of halogens is 3. The number of alkyl halides is 3. The standard InChI is InChI=1S/C15H26BF3O3/c1-12(14(20)22-11-15(17,18)19)10-21-9-5-7-13-6-3-4-8-16(13)2/h12-13H,3-11H2,1-2H3. The summed E-state index contributed by atoms with van der Waals surface area (Å²) in [6.07, 6.45) is 2.78. The molecule has 0 radical (unpaired) electrons. The molecule has 2 atom stereocenters. The fourth-order valence-corrected chi connectivity index (χ4v) is 2.89. The van der Waals surface area contributed by atoms with Gasteiger partial charge in [0, 0.05) is 6.61 Å². The summed E-state index contributed by atoms with van der Waals surface area (Å²) in [5.74, 6) is -0.777. The van der Waals surface area contributed by atoms with Crippen molar-refractivity contribution in [1.29, 1.82) is 0 Å². The van der Waals surface area contributed by atoms with Gasteiger partial charge in [-0.1, -0.05) is 44.6 Å². The monoisotopic (exact) mass is 322 g/mol. The van der Waals surface area contributed by atoms with Crippen molar-refractivity contribution in [3.05, 3.63) is 0 Å². The lowest BCUT2D eigenvalue weighted by Gasteiger charge is -2.26. The number of ether oxygens (including phenoxy) is 2. The molecular weight excluding hydrogens is 296 g/mol. The molecule has 1 saturated heterocycles. The normalized spacial score (nSPS) is 20.8. The second kappa shape index (κ2) is 9.43. The van der Waals surface area contributed by atoms with Crippen molar-refractivity contribution in [2.75, 3.05) is 19.8 Å². The second-order valence-electron chi connectivity index (χ2n) is 6.36. The van der Waals surface area contributed by atoms with Crippen LogP contribution in [0.4, 0.5) is 13.2 Å². The number of rotatable bonds is 8. The quantitative estimate of drug-likeness (QED) is 0.382. The lowest BCUT2D eigenvalue weighted by atomic mass is 9.36. The summed E-state index contributed by atoms with van der Waals surface area (Å²) in [7, 11) is 0. The summed E-state index contributed by atoms with van der Waals surface area (Å²) in [5, 5.41) is 0. The molecule has 7 heteroatoms. The molecule has 0 N–H and O–H groups in total. The lowest BCUT2D eigenvalue weighted by molar-refractivity contribution is -0.189. The van der Waals surface area contributed by atoms with E-state index in [1.54, 1.807) is 0 Å². The molecule has 1 aliphatic rings. The third-order valence-corrected chi connectivity index (χ3v) is 4.30. The van der Waals surface area contributed by atoms with Crippen LogP contribution in [0.1, 0.15) is 39.0 Å². The Morgan fingerprint density at radius 1 is 1.36 bits per heavy atom. The van der Waals surface area contributed by atoms with Crippen LogP contribution < -0.4 is 0 Å². The topological polar surface area (TPSA) is 35.5 Å². The first kappa shape index (κ1) is 19.3. The molecule has 22 heavy (non-hydrogen) atoms. The Balaban J connectivity index is 2.07. The van der Waals surface area contributed by atoms with Gasteiger partial charge in [-0.25, -0.2) is 0 Å². The summed E-state index contributed by atoms with van der Waals surface area (Å²) >= 11 is 0. The van der Waals surface area contributed by atoms with Crippen LogP contribution in [0, 0.1) is 5.92 Å². The Kier molecular flexibility index (Phi) is 8.29. The van der Waals surface area contributed by atoms with Gasteiger partial charge in [-0.15, -0.1) is 0 Å². The molecular formula is C15H26BF3O3. The van der Waals surface area contributed by atoms with Crippen molar-refractivity contribution < 1.29 is 27.4 Å². The zero-order valence-electron chi connectivity index (χ0n) is 13.5. The Bertz CT molecular complexity index is 336. The molecule has 0 spiro atoms. The maximum absolute atomic E-state index is 11.9. The third kappa shape index (κ3) is 8.06. The minimum atomic E-state index is -4.48. The number of hydrogen-bond donors (Lipinski definition) is 0. The van der Waals surface area contributed by atoms with Crippen molar-refractivity contribution in [3.63, 3.8) is 0 Å². The molecule has 2 unspecified atom stereocenters. The molecule has 0 amide bonds. The highest BCUT2D eigenvalue weighted by Gasteiger charge is 2.30. The highest BCUT2D eigenvalue weighted by atomic mass is 19.4. The molecule has 0 aromatic heterocycles. The molecule has 0 aromatic carbocycles. The van der Waals surface area contributed by atoms with Crippen molar-refractivity contribution >= 4 is 12.7 Å². The molecule has 0 bridgehead atoms. The van der Waals surface area contributed by atoms with Gasteiger partial charge in [-0.05, 0) is 13.3 Å². The van der Waals surface area contributed by atoms with E-state index in [9.17, 15) is 18.0 Å². The smallest absolute Gasteiger partial charge is 0.422 e. The highest BCUT2D eigenvalue weighted by molar-refractivity contribution is 6.59. The van der Waals surface area contributed by atoms with E-state index in [1.807, 2.05) is 0 Å². The zero-order valence-corrected chi connectivity index (χ0v) is 13.5. The molecule has 0 aromatic rings. The molecule has 1 rings (SSSR count). The van der Waals surface area contributed by atoms with Crippen LogP contribution >= 0.6 is 0 Å². The van der Waals surface area contributed by atoms with Crippen LogP contribution in [0.25, 0.3) is 0 Å². The van der Waals surface area contributed by atoms with Gasteiger partial charge in [0.25, 0.3) is 0 Å². The molecule has 3 nitrogen and oxygen atoms in total. The average molecular weight is 322 g/mol. The fourth-order valence-electron chi connectivity index (χ4n) is 2.89. The minimum Gasteiger partial charge on any atom is -0.456 e. The van der Waals surface area contributed by atoms with Crippen LogP contribution in [0.15, 0.2) is 0 Å². The predicted octanol–water partition coefficient (Wildman–Crippen LogP) is 4.20. The van der Waals surface area contributed by atoms with Crippen LogP contribution in [0.5, 0.6) is 0 Å². The van der Waals surface area contributed by atoms with Crippen LogP contribution in [0.2, 0.25) is 19.0 Å². The zero-order chi connectivity index (χ0) is 16.6. The van der Waals surface area contributed by atoms with Crippen molar-refractivity contribution in [2.45, 2.75) is 64.2 Å². The molecule has 1 heterocycles. The summed E-state index contributed by atoms with van der Waals surface area (Å²) in [6, 6.07) is 0. The molecule has 1 aliphatic heterocycles. The van der Waals surface area contributed by atoms with E-state index in [0.717, 1.165) is 25.4 Å². The molecule has 128 valence electrons. The van der Waals surface area contributed by atoms with Crippen LogP contribution in [0.3, 0.4) is 0 Å². The van der Waals surface area contributed by atoms with E-state index in [4.69, 9.17) is 4.74 Å². The maximum Gasteiger partial charge on any atom is 0.422 e. The van der Waals surface area contributed by atoms with E-state index in [1.165, 1.54) is 32.5 Å². The van der Waals surface area contributed by atoms with Crippen molar-refractivity contribution in [1.82, 2.24) is 0 Å². The summed E-state index contributed by atoms with van der Waals surface area (Å²) in [6.45, 7) is 3.70. The van der Waals surface area contributed by atoms with E-state index >= 15 is 0 Å². The number of esters is 1. The largest absolute Gasteiger partial charge is 0.456 e. The molecule has 0 saturated carbocycles. The lowest BCUT2D eigenvalue weighted by Crippen LogP contribution is -2.26. The first-order valence-electron chi connectivity index (χ1n) is 8.10. The Hall–Kier alpha value is -0.715. The minimum absolute atomic E-state index is 0.108. The van der Waals surface area contributed by atoms with E-state index in [-0.39, 0.29) is 6.61 Å². The van der Waals surface area contributed by atoms with Gasteiger partial charge in [0.2, 0.25) is 0 Å². The van der Waals surface area contributed by atoms with Gasteiger partial charge in [0.15, 0.2) is 6.61 Å². The number of carbonyl (C=O) groups is 1. The van der Waals surface area contributed by atoms with E-state index in [2.05, 4.69) is 11.6 Å². The molecule has 0 aliphatic carbocycles. The Labute approximate surface area is 131 Å². The van der Waals surface area contributed by atoms with Gasteiger partial charge >= 0.3 is 12.1 Å². The SMILES string of the molecule is CB1CCCCC1CCCOCC(C)C(=O)OCC(F)(F)F. The highest BCUT2D eigenvalue weighted by Crippen LogP contribution is 2.32. The first-order chi connectivity index (χ1) is 10.3. The van der Waals surface area contributed by atoms with Gasteiger partial charge in [-0.2, -0.15) is 13.2 Å². The van der Waals surface area contributed by atoms with E-state index < -0.39 is 24.7 Å². The summed E-state index contributed by atoms with van der Waals surface area (Å²) < 4.78 is 45.4. The Morgan fingerprint density at radius 3 is 2.73 bits per heavy atom. The van der Waals surface area contributed by atoms with Crippen LogP contribution in [-0.2, 0) is 14.3 Å². The van der Waals surface area contributed by atoms with E-state index in [0.29, 0.717) is 6.61 Å². The number of carbonyl (C=O) groups excluding carboxylic acids is 1. The average Bonchev–Trinajstić information content (AvgIpc) is 2.45. The third-order valence-electron chi connectivity index (χ3n) is 4.30. The van der Waals surface area contributed by atoms with Crippen LogP contribution in [-0.4, -0.2) is 38.7 Å². The molecule has 1 fully saturated rings. The number of hydrogen-bond acceptors (Lipinski definition) is 3. The van der Waals surface area contributed by atoms with Gasteiger partial charge in [-0.3, -0.25) is 4.79 Å².